The topological polar surface area (TPSA) is 55.8 Å². The molecule has 0 bridgehead atoms. The molecular formula is C17H28N6O. The second kappa shape index (κ2) is 7.03. The third-order valence-electron chi connectivity index (χ3n) is 5.40. The highest BCUT2D eigenvalue weighted by molar-refractivity contribution is 5.87. The summed E-state index contributed by atoms with van der Waals surface area (Å²) in [5.74, 6) is 1.21. The fourth-order valence-electron chi connectivity index (χ4n) is 3.73. The van der Waals surface area contributed by atoms with Crippen LogP contribution in [0.2, 0.25) is 0 Å². The average Bonchev–Trinajstić information content (AvgIpc) is 2.60. The largest absolute Gasteiger partial charge is 0.355 e. The van der Waals surface area contributed by atoms with Crippen LogP contribution in [0.1, 0.15) is 12.8 Å². The second-order valence-electron chi connectivity index (χ2n) is 7.10. The lowest BCUT2D eigenvalue weighted by Crippen LogP contribution is -2.68. The number of likely N-dealkylation sites (N-methyl/N-ethyl adjacent to an activating group) is 2. The van der Waals surface area contributed by atoms with Crippen molar-refractivity contribution in [3.63, 3.8) is 0 Å². The maximum absolute atomic E-state index is 13.2. The van der Waals surface area contributed by atoms with E-state index in [-0.39, 0.29) is 5.54 Å². The molecule has 0 N–H and O–H groups in total. The molecule has 0 atom stereocenters. The molecule has 2 saturated heterocycles. The van der Waals surface area contributed by atoms with Crippen LogP contribution in [0.15, 0.2) is 18.6 Å². The number of rotatable bonds is 4. The number of carbonyl (C=O) groups is 1. The van der Waals surface area contributed by atoms with Crippen LogP contribution >= 0.6 is 0 Å². The van der Waals surface area contributed by atoms with Gasteiger partial charge in [-0.05, 0) is 34.0 Å². The van der Waals surface area contributed by atoms with Gasteiger partial charge in [-0.2, -0.15) is 0 Å². The molecule has 1 spiro atoms. The van der Waals surface area contributed by atoms with Crippen molar-refractivity contribution in [1.82, 2.24) is 24.7 Å². The minimum Gasteiger partial charge on any atom is -0.355 e. The molecule has 0 aromatic carbocycles. The molecule has 7 heteroatoms. The Labute approximate surface area is 144 Å². The van der Waals surface area contributed by atoms with Gasteiger partial charge in [0.15, 0.2) is 0 Å². The zero-order valence-electron chi connectivity index (χ0n) is 15.0. The lowest BCUT2D eigenvalue weighted by molar-refractivity contribution is -0.152. The van der Waals surface area contributed by atoms with Crippen molar-refractivity contribution < 1.29 is 4.79 Å². The number of hydrogen-bond donors (Lipinski definition) is 0. The van der Waals surface area contributed by atoms with Crippen molar-refractivity contribution in [2.75, 3.05) is 65.3 Å². The lowest BCUT2D eigenvalue weighted by Gasteiger charge is -2.51. The summed E-state index contributed by atoms with van der Waals surface area (Å²) >= 11 is 0. The molecule has 132 valence electrons. The standard InChI is InChI=1S/C17H28N6O/c1-20(2)10-12-23-13-11-21(3)17(16(23)24)4-8-22(9-5-17)15-14-18-6-7-19-15/h6-7,14H,4-5,8-13H2,1-3H3. The van der Waals surface area contributed by atoms with Gasteiger partial charge in [-0.15, -0.1) is 0 Å². The van der Waals surface area contributed by atoms with Crippen molar-refractivity contribution >= 4 is 11.7 Å². The molecular weight excluding hydrogens is 304 g/mol. The number of hydrogen-bond acceptors (Lipinski definition) is 6. The van der Waals surface area contributed by atoms with Crippen molar-refractivity contribution in [2.24, 2.45) is 0 Å². The number of carbonyl (C=O) groups excluding carboxylic acids is 1. The van der Waals surface area contributed by atoms with Crippen molar-refractivity contribution in [1.29, 1.82) is 0 Å². The smallest absolute Gasteiger partial charge is 0.243 e. The molecule has 0 unspecified atom stereocenters. The minimum atomic E-state index is -0.344. The molecule has 24 heavy (non-hydrogen) atoms. The number of amides is 1. The molecule has 1 aromatic rings. The number of aromatic nitrogens is 2. The third-order valence-corrected chi connectivity index (χ3v) is 5.40. The Kier molecular flexibility index (Phi) is 5.01. The fourth-order valence-corrected chi connectivity index (χ4v) is 3.73. The maximum atomic E-state index is 13.2. The van der Waals surface area contributed by atoms with E-state index in [4.69, 9.17) is 0 Å². The number of nitrogens with zero attached hydrogens (tertiary/aromatic N) is 6. The van der Waals surface area contributed by atoms with E-state index in [1.165, 1.54) is 0 Å². The summed E-state index contributed by atoms with van der Waals surface area (Å²) < 4.78 is 0. The molecule has 0 aliphatic carbocycles. The molecule has 2 aliphatic rings. The zero-order chi connectivity index (χ0) is 17.2. The summed E-state index contributed by atoms with van der Waals surface area (Å²) in [6.07, 6.45) is 6.90. The Balaban J connectivity index is 1.69. The van der Waals surface area contributed by atoms with E-state index in [1.807, 2.05) is 0 Å². The normalized spacial score (nSPS) is 21.8. The van der Waals surface area contributed by atoms with Crippen molar-refractivity contribution in [3.8, 4) is 0 Å². The highest BCUT2D eigenvalue weighted by Gasteiger charge is 2.49. The maximum Gasteiger partial charge on any atom is 0.243 e. The van der Waals surface area contributed by atoms with Crippen molar-refractivity contribution in [3.05, 3.63) is 18.6 Å². The van der Waals surface area contributed by atoms with E-state index >= 15 is 0 Å². The van der Waals surface area contributed by atoms with Gasteiger partial charge in [0.1, 0.15) is 11.4 Å². The fraction of sp³-hybridized carbons (Fsp3) is 0.706. The van der Waals surface area contributed by atoms with Crippen LogP contribution in [0.5, 0.6) is 0 Å². The quantitative estimate of drug-likeness (QED) is 0.782. The van der Waals surface area contributed by atoms with E-state index in [9.17, 15) is 4.79 Å². The van der Waals surface area contributed by atoms with Crippen LogP contribution in [-0.4, -0.2) is 96.5 Å². The first-order valence-electron chi connectivity index (χ1n) is 8.69. The summed E-state index contributed by atoms with van der Waals surface area (Å²) in [6.45, 7) is 5.20. The Morgan fingerprint density at radius 3 is 2.54 bits per heavy atom. The first kappa shape index (κ1) is 17.1. The predicted molar refractivity (Wildman–Crippen MR) is 94.0 cm³/mol. The molecule has 1 aromatic heterocycles. The average molecular weight is 332 g/mol. The lowest BCUT2D eigenvalue weighted by atomic mass is 9.82. The molecule has 3 rings (SSSR count). The van der Waals surface area contributed by atoms with E-state index in [1.54, 1.807) is 18.6 Å². The number of piperidine rings is 1. The van der Waals surface area contributed by atoms with E-state index < -0.39 is 0 Å². The van der Waals surface area contributed by atoms with Gasteiger partial charge in [-0.3, -0.25) is 14.7 Å². The molecule has 7 nitrogen and oxygen atoms in total. The molecule has 2 fully saturated rings. The SMILES string of the molecule is CN(C)CCN1CCN(C)C2(CCN(c3cnccn3)CC2)C1=O. The molecule has 1 amide bonds. The Morgan fingerprint density at radius 1 is 1.17 bits per heavy atom. The molecule has 0 saturated carbocycles. The van der Waals surface area contributed by atoms with Crippen LogP contribution in [-0.2, 0) is 4.79 Å². The van der Waals surface area contributed by atoms with Crippen LogP contribution in [0, 0.1) is 0 Å². The van der Waals surface area contributed by atoms with E-state index in [0.717, 1.165) is 57.9 Å². The number of piperazine rings is 1. The van der Waals surface area contributed by atoms with Gasteiger partial charge >= 0.3 is 0 Å². The van der Waals surface area contributed by atoms with Gasteiger partial charge in [0.05, 0.1) is 6.20 Å². The highest BCUT2D eigenvalue weighted by Crippen LogP contribution is 2.33. The summed E-state index contributed by atoms with van der Waals surface area (Å²) in [5, 5.41) is 0. The van der Waals surface area contributed by atoms with Gasteiger partial charge in [0, 0.05) is 51.7 Å². The third kappa shape index (κ3) is 3.23. The minimum absolute atomic E-state index is 0.303. The van der Waals surface area contributed by atoms with Crippen molar-refractivity contribution in [2.45, 2.75) is 18.4 Å². The summed E-state index contributed by atoms with van der Waals surface area (Å²) in [5.41, 5.74) is -0.344. The van der Waals surface area contributed by atoms with Crippen LogP contribution < -0.4 is 4.90 Å². The van der Waals surface area contributed by atoms with Gasteiger partial charge in [0.25, 0.3) is 0 Å². The Bertz CT molecular complexity index is 555. The second-order valence-corrected chi connectivity index (χ2v) is 7.10. The van der Waals surface area contributed by atoms with E-state index in [2.05, 4.69) is 50.7 Å². The highest BCUT2D eigenvalue weighted by atomic mass is 16.2. The van der Waals surface area contributed by atoms with Crippen LogP contribution in [0.4, 0.5) is 5.82 Å². The van der Waals surface area contributed by atoms with Crippen LogP contribution in [0.3, 0.4) is 0 Å². The first-order valence-corrected chi connectivity index (χ1v) is 8.69. The van der Waals surface area contributed by atoms with Gasteiger partial charge < -0.3 is 14.7 Å². The monoisotopic (exact) mass is 332 g/mol. The predicted octanol–water partition coefficient (Wildman–Crippen LogP) is 0.151. The van der Waals surface area contributed by atoms with E-state index in [0.29, 0.717) is 5.91 Å². The van der Waals surface area contributed by atoms with Crippen LogP contribution in [0.25, 0.3) is 0 Å². The molecule has 0 radical (unpaired) electrons. The molecule has 2 aliphatic heterocycles. The van der Waals surface area contributed by atoms with Gasteiger partial charge in [-0.1, -0.05) is 0 Å². The Hall–Kier alpha value is -1.73. The summed E-state index contributed by atoms with van der Waals surface area (Å²) in [6, 6.07) is 0. The number of anilines is 1. The summed E-state index contributed by atoms with van der Waals surface area (Å²) in [7, 11) is 6.20. The summed E-state index contributed by atoms with van der Waals surface area (Å²) in [4.78, 5) is 30.4. The zero-order valence-corrected chi connectivity index (χ0v) is 15.0. The van der Waals surface area contributed by atoms with Gasteiger partial charge in [-0.25, -0.2) is 4.98 Å². The first-order chi connectivity index (χ1) is 11.5. The van der Waals surface area contributed by atoms with Gasteiger partial charge in [0.2, 0.25) is 5.91 Å². The molecule has 3 heterocycles. The Morgan fingerprint density at radius 2 is 1.92 bits per heavy atom.